The Hall–Kier alpha value is -3.35. The highest BCUT2D eigenvalue weighted by Crippen LogP contribution is 2.44. The van der Waals surface area contributed by atoms with Gasteiger partial charge in [0, 0.05) is 12.5 Å². The lowest BCUT2D eigenvalue weighted by atomic mass is 9.96. The molecule has 0 radical (unpaired) electrons. The molecule has 7 nitrogen and oxygen atoms in total. The molecule has 2 amide bonds. The van der Waals surface area contributed by atoms with Crippen LogP contribution in [0.5, 0.6) is 0 Å². The van der Waals surface area contributed by atoms with Crippen LogP contribution in [-0.4, -0.2) is 42.3 Å². The van der Waals surface area contributed by atoms with Gasteiger partial charge < -0.3 is 20.5 Å². The van der Waals surface area contributed by atoms with Crippen LogP contribution in [0.2, 0.25) is 0 Å². The van der Waals surface area contributed by atoms with E-state index in [1.807, 2.05) is 50.2 Å². The third-order valence-corrected chi connectivity index (χ3v) is 5.69. The third kappa shape index (κ3) is 5.46. The number of alkyl carbamates (subject to hydrolysis) is 1. The van der Waals surface area contributed by atoms with Crippen molar-refractivity contribution in [2.75, 3.05) is 13.2 Å². The molecule has 32 heavy (non-hydrogen) atoms. The van der Waals surface area contributed by atoms with Gasteiger partial charge in [0.2, 0.25) is 5.91 Å². The van der Waals surface area contributed by atoms with E-state index >= 15 is 0 Å². The molecule has 0 fully saturated rings. The number of nitrogens with one attached hydrogen (secondary N) is 2. The van der Waals surface area contributed by atoms with Crippen LogP contribution < -0.4 is 10.6 Å². The molecule has 2 aromatic rings. The van der Waals surface area contributed by atoms with E-state index < -0.39 is 29.9 Å². The fourth-order valence-corrected chi connectivity index (χ4v) is 4.10. The molecule has 170 valence electrons. The number of aliphatic carboxylic acids is 1. The topological polar surface area (TPSA) is 105 Å². The first-order chi connectivity index (χ1) is 15.3. The molecule has 3 rings (SSSR count). The SMILES string of the molecule is CC(C)CC(CNC(=O)OCC1c2ccccc2-c2ccccc21)C(=O)NC(C)C(=O)O. The first-order valence-electron chi connectivity index (χ1n) is 10.9. The van der Waals surface area contributed by atoms with Gasteiger partial charge in [-0.1, -0.05) is 62.4 Å². The Kier molecular flexibility index (Phi) is 7.51. The lowest BCUT2D eigenvalue weighted by Gasteiger charge is -2.21. The Morgan fingerprint density at radius 3 is 2.06 bits per heavy atom. The van der Waals surface area contributed by atoms with Gasteiger partial charge in [0.05, 0.1) is 5.92 Å². The molecule has 0 bridgehead atoms. The molecule has 2 atom stereocenters. The molecule has 3 N–H and O–H groups in total. The normalized spacial score (nSPS) is 14.2. The maximum atomic E-state index is 12.5. The third-order valence-electron chi connectivity index (χ3n) is 5.69. The summed E-state index contributed by atoms with van der Waals surface area (Å²) < 4.78 is 5.52. The Labute approximate surface area is 188 Å². The van der Waals surface area contributed by atoms with Crippen LogP contribution in [0.1, 0.15) is 44.2 Å². The summed E-state index contributed by atoms with van der Waals surface area (Å²) in [4.78, 5) is 35.9. The number of hydrogen-bond donors (Lipinski definition) is 3. The van der Waals surface area contributed by atoms with Crippen LogP contribution in [0.3, 0.4) is 0 Å². The van der Waals surface area contributed by atoms with Crippen molar-refractivity contribution in [3.05, 3.63) is 59.7 Å². The van der Waals surface area contributed by atoms with Gasteiger partial charge in [0.25, 0.3) is 0 Å². The largest absolute Gasteiger partial charge is 0.480 e. The van der Waals surface area contributed by atoms with Crippen molar-refractivity contribution in [1.82, 2.24) is 10.6 Å². The lowest BCUT2D eigenvalue weighted by Crippen LogP contribution is -2.45. The van der Waals surface area contributed by atoms with E-state index in [4.69, 9.17) is 9.84 Å². The van der Waals surface area contributed by atoms with Crippen LogP contribution >= 0.6 is 0 Å². The number of carbonyl (C=O) groups is 3. The van der Waals surface area contributed by atoms with E-state index in [0.717, 1.165) is 22.3 Å². The van der Waals surface area contributed by atoms with Gasteiger partial charge in [-0.05, 0) is 41.5 Å². The molecule has 2 aromatic carbocycles. The van der Waals surface area contributed by atoms with Crippen molar-refractivity contribution in [3.8, 4) is 11.1 Å². The smallest absolute Gasteiger partial charge is 0.407 e. The Bertz CT molecular complexity index is 942. The standard InChI is InChI=1S/C25H30N2O5/c1-15(2)12-17(23(28)27-16(3)24(29)30)13-26-25(31)32-14-22-20-10-6-4-8-18(20)19-9-5-7-11-21(19)22/h4-11,15-17,22H,12-14H2,1-3H3,(H,26,31)(H,27,28)(H,29,30). The van der Waals surface area contributed by atoms with Gasteiger partial charge in [-0.2, -0.15) is 0 Å². The molecule has 0 aliphatic heterocycles. The monoisotopic (exact) mass is 438 g/mol. The van der Waals surface area contributed by atoms with Crippen molar-refractivity contribution in [2.24, 2.45) is 11.8 Å². The van der Waals surface area contributed by atoms with Gasteiger partial charge in [0.1, 0.15) is 12.6 Å². The van der Waals surface area contributed by atoms with Gasteiger partial charge in [-0.25, -0.2) is 4.79 Å². The number of benzene rings is 2. The van der Waals surface area contributed by atoms with Gasteiger partial charge in [-0.15, -0.1) is 0 Å². The minimum Gasteiger partial charge on any atom is -0.480 e. The van der Waals surface area contributed by atoms with Crippen molar-refractivity contribution >= 4 is 18.0 Å². The van der Waals surface area contributed by atoms with Crippen LogP contribution in [-0.2, 0) is 14.3 Å². The molecule has 2 unspecified atom stereocenters. The van der Waals surface area contributed by atoms with E-state index in [-0.39, 0.29) is 25.0 Å². The van der Waals surface area contributed by atoms with Crippen LogP contribution in [0.25, 0.3) is 11.1 Å². The number of rotatable bonds is 9. The molecule has 0 saturated heterocycles. The summed E-state index contributed by atoms with van der Waals surface area (Å²) in [5, 5.41) is 14.2. The number of ether oxygens (including phenoxy) is 1. The second-order valence-electron chi connectivity index (χ2n) is 8.60. The zero-order valence-electron chi connectivity index (χ0n) is 18.6. The fourth-order valence-electron chi connectivity index (χ4n) is 4.10. The Balaban J connectivity index is 1.59. The van der Waals surface area contributed by atoms with Crippen molar-refractivity contribution < 1.29 is 24.2 Å². The first kappa shape index (κ1) is 23.3. The molecule has 0 saturated carbocycles. The lowest BCUT2D eigenvalue weighted by molar-refractivity contribution is -0.142. The summed E-state index contributed by atoms with van der Waals surface area (Å²) in [7, 11) is 0. The highest BCUT2D eigenvalue weighted by molar-refractivity contribution is 5.85. The van der Waals surface area contributed by atoms with E-state index in [1.54, 1.807) is 0 Å². The molecule has 0 heterocycles. The quantitative estimate of drug-likeness (QED) is 0.553. The van der Waals surface area contributed by atoms with Crippen LogP contribution in [0.4, 0.5) is 4.79 Å². The molecule has 0 aromatic heterocycles. The average Bonchev–Trinajstić information content (AvgIpc) is 3.08. The second kappa shape index (κ2) is 10.3. The highest BCUT2D eigenvalue weighted by atomic mass is 16.5. The number of amides is 2. The van der Waals surface area contributed by atoms with Gasteiger partial charge in [-0.3, -0.25) is 9.59 Å². The summed E-state index contributed by atoms with van der Waals surface area (Å²) in [5.74, 6) is -1.88. The predicted molar refractivity (Wildman–Crippen MR) is 121 cm³/mol. The number of carboxylic acids is 1. The fraction of sp³-hybridized carbons (Fsp3) is 0.400. The van der Waals surface area contributed by atoms with E-state index in [0.29, 0.717) is 6.42 Å². The molecule has 0 spiro atoms. The maximum Gasteiger partial charge on any atom is 0.407 e. The molecular formula is C25H30N2O5. The number of fused-ring (bicyclic) bond motifs is 3. The Morgan fingerprint density at radius 2 is 1.53 bits per heavy atom. The molecule has 1 aliphatic carbocycles. The summed E-state index contributed by atoms with van der Waals surface area (Å²) >= 11 is 0. The van der Waals surface area contributed by atoms with E-state index in [9.17, 15) is 14.4 Å². The minimum atomic E-state index is -1.11. The summed E-state index contributed by atoms with van der Waals surface area (Å²) in [6.07, 6.45) is -0.0818. The van der Waals surface area contributed by atoms with Crippen molar-refractivity contribution in [3.63, 3.8) is 0 Å². The van der Waals surface area contributed by atoms with Gasteiger partial charge in [0.15, 0.2) is 0 Å². The summed E-state index contributed by atoms with van der Waals surface area (Å²) in [5.41, 5.74) is 4.55. The van der Waals surface area contributed by atoms with E-state index in [2.05, 4.69) is 22.8 Å². The maximum absolute atomic E-state index is 12.5. The minimum absolute atomic E-state index is 0.0423. The number of carbonyl (C=O) groups excluding carboxylic acids is 2. The zero-order valence-corrected chi connectivity index (χ0v) is 18.6. The zero-order chi connectivity index (χ0) is 23.3. The van der Waals surface area contributed by atoms with Crippen molar-refractivity contribution in [1.29, 1.82) is 0 Å². The highest BCUT2D eigenvalue weighted by Gasteiger charge is 2.29. The predicted octanol–water partition coefficient (Wildman–Crippen LogP) is 3.78. The Morgan fingerprint density at radius 1 is 0.969 bits per heavy atom. The molecule has 1 aliphatic rings. The second-order valence-corrected chi connectivity index (χ2v) is 8.60. The number of hydrogen-bond acceptors (Lipinski definition) is 4. The van der Waals surface area contributed by atoms with Crippen LogP contribution in [0, 0.1) is 11.8 Å². The van der Waals surface area contributed by atoms with Gasteiger partial charge >= 0.3 is 12.1 Å². The molecular weight excluding hydrogens is 408 g/mol. The average molecular weight is 439 g/mol. The summed E-state index contributed by atoms with van der Waals surface area (Å²) in [6.45, 7) is 5.61. The van der Waals surface area contributed by atoms with Crippen molar-refractivity contribution in [2.45, 2.75) is 39.2 Å². The number of carboxylic acid groups (broad SMARTS) is 1. The van der Waals surface area contributed by atoms with E-state index in [1.165, 1.54) is 6.92 Å². The first-order valence-corrected chi connectivity index (χ1v) is 10.9. The van der Waals surface area contributed by atoms with Crippen LogP contribution in [0.15, 0.2) is 48.5 Å². The molecule has 7 heteroatoms. The summed E-state index contributed by atoms with van der Waals surface area (Å²) in [6, 6.07) is 15.2.